The van der Waals surface area contributed by atoms with Gasteiger partial charge in [0.2, 0.25) is 0 Å². The van der Waals surface area contributed by atoms with Gasteiger partial charge in [0.25, 0.3) is 0 Å². The number of hydrogen-bond acceptors (Lipinski definition) is 8. The third kappa shape index (κ3) is 4.14. The molecule has 0 aliphatic heterocycles. The zero-order chi connectivity index (χ0) is 24.5. The summed E-state index contributed by atoms with van der Waals surface area (Å²) in [7, 11) is 4.02. The number of pyridine rings is 4. The lowest BCUT2D eigenvalue weighted by Crippen LogP contribution is -2.19. The highest BCUT2D eigenvalue weighted by Gasteiger charge is 2.18. The molecule has 0 aliphatic carbocycles. The van der Waals surface area contributed by atoms with E-state index in [-0.39, 0.29) is 0 Å². The molecule has 178 valence electrons. The Morgan fingerprint density at radius 3 is 2.64 bits per heavy atom. The minimum absolute atomic E-state index is 0.581. The first-order chi connectivity index (χ1) is 17.7. The second kappa shape index (κ2) is 9.16. The summed E-state index contributed by atoms with van der Waals surface area (Å²) in [6, 6.07) is 13.5. The van der Waals surface area contributed by atoms with Crippen LogP contribution in [-0.2, 0) is 0 Å². The van der Waals surface area contributed by atoms with Crippen LogP contribution in [0.5, 0.6) is 5.75 Å². The topological polar surface area (TPSA) is 121 Å². The van der Waals surface area contributed by atoms with Crippen molar-refractivity contribution in [2.45, 2.75) is 0 Å². The fraction of sp³-hybridized carbons (Fsp3) is 0.154. The highest BCUT2D eigenvalue weighted by molar-refractivity contribution is 5.94. The van der Waals surface area contributed by atoms with Gasteiger partial charge in [-0.05, 0) is 50.5 Å². The molecule has 0 bridgehead atoms. The first-order valence-electron chi connectivity index (χ1n) is 11.5. The van der Waals surface area contributed by atoms with Crippen molar-refractivity contribution < 1.29 is 4.74 Å². The zero-order valence-corrected chi connectivity index (χ0v) is 19.8. The summed E-state index contributed by atoms with van der Waals surface area (Å²) >= 11 is 0. The van der Waals surface area contributed by atoms with E-state index in [1.54, 1.807) is 24.8 Å². The van der Waals surface area contributed by atoms with E-state index in [4.69, 9.17) is 14.7 Å². The number of nitrogens with zero attached hydrogens (tertiary/aromatic N) is 7. The van der Waals surface area contributed by atoms with E-state index in [1.807, 2.05) is 56.6 Å². The van der Waals surface area contributed by atoms with E-state index >= 15 is 0 Å². The molecule has 0 radical (unpaired) electrons. The molecule has 6 heterocycles. The van der Waals surface area contributed by atoms with Crippen molar-refractivity contribution >= 4 is 22.1 Å². The van der Waals surface area contributed by atoms with Gasteiger partial charge in [-0.2, -0.15) is 5.10 Å². The van der Waals surface area contributed by atoms with Crippen molar-refractivity contribution in [1.82, 2.24) is 45.0 Å². The van der Waals surface area contributed by atoms with Crippen molar-refractivity contribution in [1.29, 1.82) is 0 Å². The number of nitrogens with one attached hydrogen (secondary N) is 2. The molecule has 0 fully saturated rings. The van der Waals surface area contributed by atoms with Gasteiger partial charge in [0, 0.05) is 30.7 Å². The Bertz CT molecular complexity index is 1660. The smallest absolute Gasteiger partial charge is 0.161 e. The molecule has 10 nitrogen and oxygen atoms in total. The maximum Gasteiger partial charge on any atom is 0.161 e. The lowest BCUT2D eigenvalue weighted by Gasteiger charge is -2.11. The number of likely N-dealkylation sites (N-methyl/N-ethyl adjacent to an activating group) is 1. The van der Waals surface area contributed by atoms with Crippen molar-refractivity contribution in [3.8, 4) is 39.9 Å². The number of rotatable bonds is 7. The number of ether oxygens (including phenoxy) is 1. The van der Waals surface area contributed by atoms with Gasteiger partial charge in [0.05, 0.1) is 28.6 Å². The predicted octanol–water partition coefficient (Wildman–Crippen LogP) is 3.96. The molecule has 6 aromatic heterocycles. The number of fused-ring (bicyclic) bond motifs is 2. The van der Waals surface area contributed by atoms with Gasteiger partial charge in [-0.15, -0.1) is 0 Å². The van der Waals surface area contributed by atoms with Crippen LogP contribution in [0.15, 0.2) is 67.3 Å². The molecular weight excluding hydrogens is 454 g/mol. The largest absolute Gasteiger partial charge is 0.491 e. The summed E-state index contributed by atoms with van der Waals surface area (Å²) in [5.74, 6) is 1.31. The number of aromatic nitrogens is 8. The van der Waals surface area contributed by atoms with Crippen LogP contribution in [0.1, 0.15) is 0 Å². The van der Waals surface area contributed by atoms with Crippen LogP contribution in [0.4, 0.5) is 0 Å². The summed E-state index contributed by atoms with van der Waals surface area (Å²) in [5.41, 5.74) is 6.81. The fourth-order valence-electron chi connectivity index (χ4n) is 3.95. The molecular formula is C26H23N9O. The highest BCUT2D eigenvalue weighted by Crippen LogP contribution is 2.30. The molecule has 0 amide bonds. The Labute approximate surface area is 206 Å². The van der Waals surface area contributed by atoms with E-state index in [1.165, 1.54) is 0 Å². The monoisotopic (exact) mass is 477 g/mol. The third-order valence-electron chi connectivity index (χ3n) is 5.76. The van der Waals surface area contributed by atoms with Crippen LogP contribution in [0, 0.1) is 0 Å². The molecule has 0 aromatic carbocycles. The lowest BCUT2D eigenvalue weighted by atomic mass is 10.1. The molecule has 0 aliphatic rings. The maximum absolute atomic E-state index is 5.85. The van der Waals surface area contributed by atoms with Crippen molar-refractivity contribution in [2.24, 2.45) is 0 Å². The second-order valence-electron chi connectivity index (χ2n) is 8.58. The molecule has 0 spiro atoms. The Balaban J connectivity index is 1.38. The van der Waals surface area contributed by atoms with E-state index in [0.29, 0.717) is 35.1 Å². The maximum atomic E-state index is 5.85. The van der Waals surface area contributed by atoms with E-state index in [9.17, 15) is 0 Å². The first-order valence-corrected chi connectivity index (χ1v) is 11.5. The van der Waals surface area contributed by atoms with Crippen molar-refractivity contribution in [3.05, 3.63) is 67.3 Å². The fourth-order valence-corrected chi connectivity index (χ4v) is 3.95. The van der Waals surface area contributed by atoms with Gasteiger partial charge < -0.3 is 14.6 Å². The quantitative estimate of drug-likeness (QED) is 0.354. The van der Waals surface area contributed by atoms with Gasteiger partial charge in [-0.3, -0.25) is 20.1 Å². The predicted molar refractivity (Wildman–Crippen MR) is 137 cm³/mol. The number of imidazole rings is 1. The Kier molecular flexibility index (Phi) is 5.55. The molecule has 10 heteroatoms. The van der Waals surface area contributed by atoms with Crippen LogP contribution in [0.3, 0.4) is 0 Å². The van der Waals surface area contributed by atoms with Gasteiger partial charge in [0.15, 0.2) is 11.5 Å². The molecule has 6 rings (SSSR count). The average molecular weight is 478 g/mol. The van der Waals surface area contributed by atoms with Gasteiger partial charge in [-0.1, -0.05) is 6.07 Å². The second-order valence-corrected chi connectivity index (χ2v) is 8.58. The summed E-state index contributed by atoms with van der Waals surface area (Å²) in [5, 5.41) is 7.57. The number of aromatic amines is 2. The normalized spacial score (nSPS) is 11.5. The van der Waals surface area contributed by atoms with Crippen LogP contribution in [0.2, 0.25) is 0 Å². The minimum atomic E-state index is 0.581. The van der Waals surface area contributed by atoms with Crippen molar-refractivity contribution in [2.75, 3.05) is 27.2 Å². The Morgan fingerprint density at radius 1 is 0.861 bits per heavy atom. The zero-order valence-electron chi connectivity index (χ0n) is 19.8. The Hall–Kier alpha value is -4.70. The number of H-pyrrole nitrogens is 2. The molecule has 6 aromatic rings. The molecule has 36 heavy (non-hydrogen) atoms. The summed E-state index contributed by atoms with van der Waals surface area (Å²) in [6.45, 7) is 1.40. The van der Waals surface area contributed by atoms with E-state index < -0.39 is 0 Å². The SMILES string of the molecule is CN(C)CCOc1cncc(-c2ccc3[nH]nc(-c4nc5c(-c6ccccn6)nccc5[nH]4)c3n2)c1. The molecule has 0 unspecified atom stereocenters. The molecule has 0 atom stereocenters. The van der Waals surface area contributed by atoms with Gasteiger partial charge in [0.1, 0.15) is 29.1 Å². The first kappa shape index (κ1) is 21.8. The van der Waals surface area contributed by atoms with E-state index in [0.717, 1.165) is 40.0 Å². The van der Waals surface area contributed by atoms with E-state index in [2.05, 4.69) is 35.0 Å². The summed E-state index contributed by atoms with van der Waals surface area (Å²) < 4.78 is 5.85. The van der Waals surface area contributed by atoms with Crippen molar-refractivity contribution in [3.63, 3.8) is 0 Å². The van der Waals surface area contributed by atoms with Crippen LogP contribution in [0.25, 0.3) is 56.2 Å². The van der Waals surface area contributed by atoms with Crippen LogP contribution >= 0.6 is 0 Å². The Morgan fingerprint density at radius 2 is 1.78 bits per heavy atom. The van der Waals surface area contributed by atoms with Crippen LogP contribution in [-0.4, -0.2) is 72.2 Å². The van der Waals surface area contributed by atoms with Crippen LogP contribution < -0.4 is 4.74 Å². The standard InChI is InChI=1S/C26H23N9O/c1-35(2)11-12-36-17-13-16(14-27-15-17)18-6-7-21-24(30-18)25(34-33-21)26-31-20-8-10-29-22(23(20)32-26)19-5-3-4-9-28-19/h3-10,13-15H,11-12H2,1-2H3,(H,31,32)(H,33,34). The van der Waals surface area contributed by atoms with Gasteiger partial charge >= 0.3 is 0 Å². The lowest BCUT2D eigenvalue weighted by molar-refractivity contribution is 0.261. The average Bonchev–Trinajstić information content (AvgIpc) is 3.53. The highest BCUT2D eigenvalue weighted by atomic mass is 16.5. The summed E-state index contributed by atoms with van der Waals surface area (Å²) in [6.07, 6.45) is 6.97. The minimum Gasteiger partial charge on any atom is -0.491 e. The number of hydrogen-bond donors (Lipinski definition) is 2. The molecule has 0 saturated carbocycles. The van der Waals surface area contributed by atoms with Gasteiger partial charge in [-0.25, -0.2) is 9.97 Å². The summed E-state index contributed by atoms with van der Waals surface area (Å²) in [4.78, 5) is 28.4. The molecule has 2 N–H and O–H groups in total. The third-order valence-corrected chi connectivity index (χ3v) is 5.76. The molecule has 0 saturated heterocycles.